The van der Waals surface area contributed by atoms with Gasteiger partial charge >= 0.3 is 0 Å². The van der Waals surface area contributed by atoms with Crippen molar-refractivity contribution in [3.8, 4) is 0 Å². The number of likely N-dealkylation sites (N-methyl/N-ethyl adjacent to an activating group) is 1. The molecule has 0 atom stereocenters. The molecule has 2 rings (SSSR count). The molecule has 1 aliphatic carbocycles. The smallest absolute Gasteiger partial charge is 0.185 e. The Labute approximate surface area is 133 Å². The third-order valence-electron chi connectivity index (χ3n) is 3.69. The molecule has 120 valence electrons. The lowest BCUT2D eigenvalue weighted by atomic mass is 10.2. The summed E-state index contributed by atoms with van der Waals surface area (Å²) in [7, 11) is 6.29. The van der Waals surface area contributed by atoms with Gasteiger partial charge in [0.2, 0.25) is 0 Å². The Bertz CT molecular complexity index is 437. The van der Waals surface area contributed by atoms with Gasteiger partial charge in [0.25, 0.3) is 0 Å². The number of rotatable bonds is 9. The Balaban J connectivity index is 2.15. The van der Waals surface area contributed by atoms with Crippen molar-refractivity contribution in [1.82, 2.24) is 15.2 Å². The SMILES string of the molecule is CNCc1sc(N(CCN(C)C)CC(C)C)nc1C1CC1. The van der Waals surface area contributed by atoms with Crippen LogP contribution in [0.2, 0.25) is 0 Å². The molecule has 1 aromatic heterocycles. The van der Waals surface area contributed by atoms with E-state index in [1.54, 1.807) is 0 Å². The van der Waals surface area contributed by atoms with Gasteiger partial charge in [0, 0.05) is 37.0 Å². The number of hydrogen-bond donors (Lipinski definition) is 1. The summed E-state index contributed by atoms with van der Waals surface area (Å²) in [6.07, 6.45) is 2.64. The van der Waals surface area contributed by atoms with Gasteiger partial charge in [0.15, 0.2) is 5.13 Å². The second-order valence-electron chi connectivity index (χ2n) is 6.75. The summed E-state index contributed by atoms with van der Waals surface area (Å²) in [5.41, 5.74) is 1.36. The maximum atomic E-state index is 5.01. The number of hydrogen-bond acceptors (Lipinski definition) is 5. The van der Waals surface area contributed by atoms with Gasteiger partial charge < -0.3 is 15.1 Å². The predicted octanol–water partition coefficient (Wildman–Crippen LogP) is 2.76. The first-order valence-electron chi connectivity index (χ1n) is 8.05. The molecule has 5 heteroatoms. The van der Waals surface area contributed by atoms with Crippen molar-refractivity contribution in [2.75, 3.05) is 45.7 Å². The average molecular weight is 311 g/mol. The first-order valence-corrected chi connectivity index (χ1v) is 8.86. The van der Waals surface area contributed by atoms with Gasteiger partial charge in [-0.25, -0.2) is 4.98 Å². The average Bonchev–Trinajstić information content (AvgIpc) is 3.16. The molecule has 0 aromatic carbocycles. The zero-order chi connectivity index (χ0) is 15.4. The highest BCUT2D eigenvalue weighted by Crippen LogP contribution is 2.44. The molecule has 1 aromatic rings. The third kappa shape index (κ3) is 4.94. The summed E-state index contributed by atoms with van der Waals surface area (Å²) in [6, 6.07) is 0. The van der Waals surface area contributed by atoms with E-state index in [0.29, 0.717) is 5.92 Å². The quantitative estimate of drug-likeness (QED) is 0.760. The number of nitrogens with one attached hydrogen (secondary N) is 1. The molecule has 1 heterocycles. The molecule has 0 bridgehead atoms. The molecule has 1 fully saturated rings. The van der Waals surface area contributed by atoms with Gasteiger partial charge in [-0.1, -0.05) is 13.8 Å². The van der Waals surface area contributed by atoms with Crippen LogP contribution in [0, 0.1) is 5.92 Å². The first-order chi connectivity index (χ1) is 10.0. The molecular weight excluding hydrogens is 280 g/mol. The van der Waals surface area contributed by atoms with Crippen LogP contribution in [0.4, 0.5) is 5.13 Å². The minimum Gasteiger partial charge on any atom is -0.347 e. The molecule has 21 heavy (non-hydrogen) atoms. The van der Waals surface area contributed by atoms with E-state index in [4.69, 9.17) is 4.98 Å². The van der Waals surface area contributed by atoms with E-state index in [-0.39, 0.29) is 0 Å². The van der Waals surface area contributed by atoms with Crippen LogP contribution in [0.5, 0.6) is 0 Å². The van der Waals surface area contributed by atoms with Crippen LogP contribution < -0.4 is 10.2 Å². The van der Waals surface area contributed by atoms with Crippen molar-refractivity contribution in [3.63, 3.8) is 0 Å². The fourth-order valence-corrected chi connectivity index (χ4v) is 3.67. The Morgan fingerprint density at radius 3 is 2.52 bits per heavy atom. The van der Waals surface area contributed by atoms with Crippen molar-refractivity contribution in [1.29, 1.82) is 0 Å². The maximum absolute atomic E-state index is 5.01. The highest BCUT2D eigenvalue weighted by molar-refractivity contribution is 7.15. The molecule has 1 aliphatic rings. The monoisotopic (exact) mass is 310 g/mol. The Morgan fingerprint density at radius 2 is 2.00 bits per heavy atom. The van der Waals surface area contributed by atoms with Crippen LogP contribution in [-0.2, 0) is 6.54 Å². The second kappa shape index (κ2) is 7.56. The van der Waals surface area contributed by atoms with Crippen LogP contribution in [0.1, 0.15) is 43.2 Å². The molecule has 1 N–H and O–H groups in total. The molecule has 0 amide bonds. The van der Waals surface area contributed by atoms with Crippen LogP contribution in [0.25, 0.3) is 0 Å². The lowest BCUT2D eigenvalue weighted by Gasteiger charge is -2.25. The molecule has 1 saturated carbocycles. The van der Waals surface area contributed by atoms with Gasteiger partial charge in [0.05, 0.1) is 5.69 Å². The molecule has 0 spiro atoms. The standard InChI is InChI=1S/C16H30N4S/c1-12(2)11-20(9-8-19(4)5)16-18-15(13-6-7-13)14(21-16)10-17-3/h12-13,17H,6-11H2,1-5H3. The van der Waals surface area contributed by atoms with E-state index in [0.717, 1.165) is 32.1 Å². The summed E-state index contributed by atoms with van der Waals surface area (Å²) in [4.78, 5) is 11.2. The Morgan fingerprint density at radius 1 is 1.29 bits per heavy atom. The van der Waals surface area contributed by atoms with Gasteiger partial charge in [-0.3, -0.25) is 0 Å². The molecule has 4 nitrogen and oxygen atoms in total. The summed E-state index contributed by atoms with van der Waals surface area (Å²) in [6.45, 7) is 8.74. The fourth-order valence-electron chi connectivity index (χ4n) is 2.48. The molecule has 0 unspecified atom stereocenters. The molecular formula is C16H30N4S. The minimum absolute atomic E-state index is 0.660. The Hall–Kier alpha value is -0.650. The number of thiazole rings is 1. The van der Waals surface area contributed by atoms with Gasteiger partial charge in [-0.2, -0.15) is 0 Å². The highest BCUT2D eigenvalue weighted by atomic mass is 32.1. The Kier molecular flexibility index (Phi) is 6.02. The van der Waals surface area contributed by atoms with Crippen LogP contribution in [-0.4, -0.2) is 50.7 Å². The zero-order valence-electron chi connectivity index (χ0n) is 14.1. The van der Waals surface area contributed by atoms with E-state index in [1.165, 1.54) is 28.5 Å². The van der Waals surface area contributed by atoms with Crippen molar-refractivity contribution >= 4 is 16.5 Å². The predicted molar refractivity (Wildman–Crippen MR) is 92.5 cm³/mol. The van der Waals surface area contributed by atoms with E-state index in [9.17, 15) is 0 Å². The normalized spacial score (nSPS) is 15.2. The zero-order valence-corrected chi connectivity index (χ0v) is 15.0. The van der Waals surface area contributed by atoms with E-state index >= 15 is 0 Å². The summed E-state index contributed by atoms with van der Waals surface area (Å²) >= 11 is 1.89. The number of aromatic nitrogens is 1. The van der Waals surface area contributed by atoms with Crippen LogP contribution >= 0.6 is 11.3 Å². The van der Waals surface area contributed by atoms with Crippen molar-refractivity contribution in [2.45, 2.75) is 39.2 Å². The van der Waals surface area contributed by atoms with E-state index in [2.05, 4.69) is 43.1 Å². The summed E-state index contributed by atoms with van der Waals surface area (Å²) < 4.78 is 0. The molecule has 0 radical (unpaired) electrons. The largest absolute Gasteiger partial charge is 0.347 e. The second-order valence-corrected chi connectivity index (χ2v) is 7.81. The molecule has 0 saturated heterocycles. The van der Waals surface area contributed by atoms with Crippen molar-refractivity contribution in [3.05, 3.63) is 10.6 Å². The van der Waals surface area contributed by atoms with Crippen LogP contribution in [0.3, 0.4) is 0 Å². The topological polar surface area (TPSA) is 31.4 Å². The molecule has 0 aliphatic heterocycles. The highest BCUT2D eigenvalue weighted by Gasteiger charge is 2.30. The number of nitrogens with zero attached hydrogens (tertiary/aromatic N) is 3. The fraction of sp³-hybridized carbons (Fsp3) is 0.812. The van der Waals surface area contributed by atoms with Crippen molar-refractivity contribution < 1.29 is 0 Å². The maximum Gasteiger partial charge on any atom is 0.185 e. The number of anilines is 1. The van der Waals surface area contributed by atoms with E-state index < -0.39 is 0 Å². The lowest BCUT2D eigenvalue weighted by molar-refractivity contribution is 0.409. The lowest BCUT2D eigenvalue weighted by Crippen LogP contribution is -2.34. The van der Waals surface area contributed by atoms with E-state index in [1.807, 2.05) is 18.4 Å². The van der Waals surface area contributed by atoms with Crippen LogP contribution in [0.15, 0.2) is 0 Å². The summed E-state index contributed by atoms with van der Waals surface area (Å²) in [5.74, 6) is 1.39. The van der Waals surface area contributed by atoms with Gasteiger partial charge in [0.1, 0.15) is 0 Å². The minimum atomic E-state index is 0.660. The van der Waals surface area contributed by atoms with Gasteiger partial charge in [-0.15, -0.1) is 11.3 Å². The van der Waals surface area contributed by atoms with Crippen molar-refractivity contribution in [2.24, 2.45) is 5.92 Å². The van der Waals surface area contributed by atoms with Gasteiger partial charge in [-0.05, 0) is 39.9 Å². The first kappa shape index (κ1) is 16.7. The summed E-state index contributed by atoms with van der Waals surface area (Å²) in [5, 5.41) is 4.51. The third-order valence-corrected chi connectivity index (χ3v) is 4.82.